The Labute approximate surface area is 139 Å². The van der Waals surface area contributed by atoms with Crippen molar-refractivity contribution in [2.24, 2.45) is 11.8 Å². The zero-order chi connectivity index (χ0) is 16.3. The molecule has 1 heterocycles. The van der Waals surface area contributed by atoms with Crippen LogP contribution in [-0.2, 0) is 14.8 Å². The third-order valence-corrected chi connectivity index (χ3v) is 7.01. The van der Waals surface area contributed by atoms with E-state index in [9.17, 15) is 13.2 Å². The summed E-state index contributed by atoms with van der Waals surface area (Å²) >= 11 is 0. The quantitative estimate of drug-likeness (QED) is 0.636. The lowest BCUT2D eigenvalue weighted by molar-refractivity contribution is -0.122. The Bertz CT molecular complexity index is 505. The Hall–Kier alpha value is -0.660. The highest BCUT2D eigenvalue weighted by Crippen LogP contribution is 2.33. The van der Waals surface area contributed by atoms with E-state index in [0.717, 1.165) is 25.7 Å². The van der Waals surface area contributed by atoms with Gasteiger partial charge in [0.1, 0.15) is 0 Å². The van der Waals surface area contributed by atoms with Crippen LogP contribution in [-0.4, -0.2) is 45.3 Å². The van der Waals surface area contributed by atoms with Gasteiger partial charge in [-0.15, -0.1) is 0 Å². The van der Waals surface area contributed by atoms with Gasteiger partial charge in [-0.05, 0) is 43.9 Å². The Balaban J connectivity index is 1.35. The van der Waals surface area contributed by atoms with Gasteiger partial charge in [0, 0.05) is 19.1 Å². The molecule has 0 bridgehead atoms. The van der Waals surface area contributed by atoms with E-state index in [1.807, 2.05) is 0 Å². The first-order chi connectivity index (χ1) is 11.0. The third-order valence-electron chi connectivity index (χ3n) is 5.67. The van der Waals surface area contributed by atoms with Crippen LogP contribution in [0.3, 0.4) is 0 Å². The Morgan fingerprint density at radius 3 is 2.57 bits per heavy atom. The molecule has 1 saturated heterocycles. The summed E-state index contributed by atoms with van der Waals surface area (Å²) in [5.74, 6) is 1.04. The molecule has 2 saturated carbocycles. The van der Waals surface area contributed by atoms with Crippen molar-refractivity contribution in [2.45, 2.75) is 63.5 Å². The van der Waals surface area contributed by atoms with Gasteiger partial charge in [-0.1, -0.05) is 19.3 Å². The lowest BCUT2D eigenvalue weighted by atomic mass is 9.85. The van der Waals surface area contributed by atoms with Crippen LogP contribution in [0.5, 0.6) is 0 Å². The molecule has 0 spiro atoms. The number of hydrogen-bond acceptors (Lipinski definition) is 4. The highest BCUT2D eigenvalue weighted by atomic mass is 32.2. The van der Waals surface area contributed by atoms with E-state index in [-0.39, 0.29) is 24.2 Å². The second-order valence-corrected chi connectivity index (χ2v) is 9.29. The second kappa shape index (κ2) is 7.49. The van der Waals surface area contributed by atoms with Crippen molar-refractivity contribution in [2.75, 3.05) is 18.8 Å². The first kappa shape index (κ1) is 17.2. The second-order valence-electron chi connectivity index (χ2n) is 7.36. The molecule has 0 aromatic rings. The molecule has 1 aliphatic heterocycles. The van der Waals surface area contributed by atoms with Gasteiger partial charge in [0.25, 0.3) is 0 Å². The van der Waals surface area contributed by atoms with Gasteiger partial charge in [-0.3, -0.25) is 4.79 Å². The average Bonchev–Trinajstić information content (AvgIpc) is 2.89. The molecule has 2 aliphatic carbocycles. The number of rotatable bonds is 7. The first-order valence-corrected chi connectivity index (χ1v) is 10.7. The maximum atomic E-state index is 12.2. The fourth-order valence-corrected chi connectivity index (χ4v) is 4.97. The molecule has 3 atom stereocenters. The maximum absolute atomic E-state index is 12.2. The van der Waals surface area contributed by atoms with Crippen molar-refractivity contribution in [1.29, 1.82) is 0 Å². The fraction of sp³-hybridized carbons (Fsp3) is 0.938. The number of nitrogens with one attached hydrogen (secondary N) is 3. The molecule has 23 heavy (non-hydrogen) atoms. The minimum Gasteiger partial charge on any atom is -0.354 e. The Morgan fingerprint density at radius 2 is 1.87 bits per heavy atom. The molecule has 0 aromatic carbocycles. The number of sulfonamides is 1. The van der Waals surface area contributed by atoms with Gasteiger partial charge >= 0.3 is 0 Å². The fourth-order valence-electron chi connectivity index (χ4n) is 3.97. The van der Waals surface area contributed by atoms with Crippen LogP contribution in [0.25, 0.3) is 0 Å². The Kier molecular flexibility index (Phi) is 5.59. The zero-order valence-corrected chi connectivity index (χ0v) is 14.5. The van der Waals surface area contributed by atoms with Crippen molar-refractivity contribution in [3.63, 3.8) is 0 Å². The topological polar surface area (TPSA) is 87.3 Å². The van der Waals surface area contributed by atoms with Crippen molar-refractivity contribution in [1.82, 2.24) is 15.4 Å². The van der Waals surface area contributed by atoms with E-state index in [0.29, 0.717) is 24.4 Å². The minimum atomic E-state index is -3.28. The maximum Gasteiger partial charge on any atom is 0.237 e. The van der Waals surface area contributed by atoms with Crippen molar-refractivity contribution in [3.8, 4) is 0 Å². The largest absolute Gasteiger partial charge is 0.354 e. The monoisotopic (exact) mass is 343 g/mol. The number of carbonyl (C=O) groups excluding carboxylic acids is 1. The number of carbonyl (C=O) groups is 1. The van der Waals surface area contributed by atoms with Crippen LogP contribution in [0.4, 0.5) is 0 Å². The van der Waals surface area contributed by atoms with Gasteiger partial charge in [0.05, 0.1) is 11.8 Å². The minimum absolute atomic E-state index is 0.0367. The molecule has 3 unspecified atom stereocenters. The van der Waals surface area contributed by atoms with Gasteiger partial charge in [0.2, 0.25) is 15.9 Å². The van der Waals surface area contributed by atoms with Crippen LogP contribution in [0.2, 0.25) is 0 Å². The molecule has 132 valence electrons. The van der Waals surface area contributed by atoms with Gasteiger partial charge < -0.3 is 10.6 Å². The summed E-state index contributed by atoms with van der Waals surface area (Å²) in [6.45, 7) is 0.732. The van der Waals surface area contributed by atoms with Crippen LogP contribution in [0, 0.1) is 11.8 Å². The van der Waals surface area contributed by atoms with Crippen LogP contribution in [0.1, 0.15) is 51.4 Å². The van der Waals surface area contributed by atoms with Crippen LogP contribution >= 0.6 is 0 Å². The number of fused-ring (bicyclic) bond motifs is 1. The van der Waals surface area contributed by atoms with E-state index < -0.39 is 10.0 Å². The molecule has 1 amide bonds. The Morgan fingerprint density at radius 1 is 1.09 bits per heavy atom. The summed E-state index contributed by atoms with van der Waals surface area (Å²) in [6, 6.07) is 0.334. The van der Waals surface area contributed by atoms with Gasteiger partial charge in [-0.2, -0.15) is 0 Å². The smallest absolute Gasteiger partial charge is 0.237 e. The van der Waals surface area contributed by atoms with E-state index in [1.165, 1.54) is 25.7 Å². The normalized spacial score (nSPS) is 31.4. The predicted octanol–water partition coefficient (Wildman–Crippen LogP) is 0.743. The molecule has 0 radical (unpaired) electrons. The summed E-state index contributed by atoms with van der Waals surface area (Å²) in [5.41, 5.74) is 0. The molecule has 7 heteroatoms. The summed E-state index contributed by atoms with van der Waals surface area (Å²) < 4.78 is 26.5. The standard InChI is InChI=1S/C16H29N3O3S/c20-16(15-10-13-6-1-2-7-14(13)19-15)17-8-9-23(21,22)18-11-12-4-3-5-12/h12-15,18-19H,1-11H2,(H,17,20). The SMILES string of the molecule is O=C(NCCS(=O)(=O)NCC1CCC1)C1CC2CCCCC2N1. The van der Waals surface area contributed by atoms with E-state index >= 15 is 0 Å². The number of hydrogen-bond donors (Lipinski definition) is 3. The van der Waals surface area contributed by atoms with E-state index in [4.69, 9.17) is 0 Å². The summed E-state index contributed by atoms with van der Waals surface area (Å²) in [6.07, 6.45) is 9.22. The number of amides is 1. The summed E-state index contributed by atoms with van der Waals surface area (Å²) in [4.78, 5) is 12.2. The van der Waals surface area contributed by atoms with E-state index in [1.54, 1.807) is 0 Å². The molecular weight excluding hydrogens is 314 g/mol. The molecule has 3 rings (SSSR count). The summed E-state index contributed by atoms with van der Waals surface area (Å²) in [5, 5.41) is 6.20. The van der Waals surface area contributed by atoms with Crippen molar-refractivity contribution >= 4 is 15.9 Å². The highest BCUT2D eigenvalue weighted by molar-refractivity contribution is 7.89. The molecule has 3 N–H and O–H groups in total. The molecule has 3 fully saturated rings. The third kappa shape index (κ3) is 4.67. The molecular formula is C16H29N3O3S. The summed E-state index contributed by atoms with van der Waals surface area (Å²) in [7, 11) is -3.28. The van der Waals surface area contributed by atoms with E-state index in [2.05, 4.69) is 15.4 Å². The molecule has 0 aromatic heterocycles. The predicted molar refractivity (Wildman–Crippen MR) is 89.4 cm³/mol. The van der Waals surface area contributed by atoms with Gasteiger partial charge in [0.15, 0.2) is 0 Å². The molecule has 6 nitrogen and oxygen atoms in total. The van der Waals surface area contributed by atoms with Crippen LogP contribution in [0.15, 0.2) is 0 Å². The van der Waals surface area contributed by atoms with Gasteiger partial charge in [-0.25, -0.2) is 13.1 Å². The van der Waals surface area contributed by atoms with Crippen LogP contribution < -0.4 is 15.4 Å². The zero-order valence-electron chi connectivity index (χ0n) is 13.7. The molecule has 3 aliphatic rings. The van der Waals surface area contributed by atoms with Crippen molar-refractivity contribution in [3.05, 3.63) is 0 Å². The highest BCUT2D eigenvalue weighted by Gasteiger charge is 2.38. The average molecular weight is 343 g/mol. The lowest BCUT2D eigenvalue weighted by Crippen LogP contribution is -2.45. The first-order valence-electron chi connectivity index (χ1n) is 9.04. The van der Waals surface area contributed by atoms with Crippen molar-refractivity contribution < 1.29 is 13.2 Å². The lowest BCUT2D eigenvalue weighted by Gasteiger charge is -2.25.